The van der Waals surface area contributed by atoms with Crippen LogP contribution in [0.3, 0.4) is 0 Å². The zero-order valence-corrected chi connectivity index (χ0v) is 12.6. The van der Waals surface area contributed by atoms with Crippen molar-refractivity contribution in [2.75, 3.05) is 6.61 Å². The molecule has 0 spiro atoms. The van der Waals surface area contributed by atoms with Gasteiger partial charge in [-0.15, -0.1) is 0 Å². The second-order valence-electron chi connectivity index (χ2n) is 3.63. The van der Waals surface area contributed by atoms with Crippen LogP contribution in [0.5, 0.6) is 5.75 Å². The van der Waals surface area contributed by atoms with Gasteiger partial charge in [0.25, 0.3) is 0 Å². The quantitative estimate of drug-likeness (QED) is 0.678. The lowest BCUT2D eigenvalue weighted by molar-refractivity contribution is -0.153. The lowest BCUT2D eigenvalue weighted by atomic mass is 10.0. The SMILES string of the molecule is CC.CC.CC(C)c1ccc(OCC(F)(F)F)cc1. The normalized spacial score (nSPS) is 10.0. The summed E-state index contributed by atoms with van der Waals surface area (Å²) in [5.41, 5.74) is 1.08. The van der Waals surface area contributed by atoms with Gasteiger partial charge in [0.15, 0.2) is 6.61 Å². The molecule has 1 rings (SSSR count). The molecule has 0 bridgehead atoms. The maximum atomic E-state index is 11.8. The summed E-state index contributed by atoms with van der Waals surface area (Å²) in [4.78, 5) is 0. The Hall–Kier alpha value is -1.19. The lowest BCUT2D eigenvalue weighted by Gasteiger charge is -2.10. The standard InChI is InChI=1S/C11H13F3O.2C2H6/c1-8(2)9-3-5-10(6-4-9)15-7-11(12,13)14;2*1-2/h3-6,8H,7H2,1-2H3;2*1-2H3. The Morgan fingerprint density at radius 3 is 1.68 bits per heavy atom. The van der Waals surface area contributed by atoms with Crippen LogP contribution in [-0.2, 0) is 0 Å². The molecule has 0 amide bonds. The van der Waals surface area contributed by atoms with Crippen molar-refractivity contribution in [3.8, 4) is 5.75 Å². The lowest BCUT2D eigenvalue weighted by Crippen LogP contribution is -2.19. The third-order valence-electron chi connectivity index (χ3n) is 1.95. The monoisotopic (exact) mass is 278 g/mol. The topological polar surface area (TPSA) is 9.23 Å². The number of benzene rings is 1. The average molecular weight is 278 g/mol. The van der Waals surface area contributed by atoms with Crippen molar-refractivity contribution < 1.29 is 17.9 Å². The van der Waals surface area contributed by atoms with Crippen LogP contribution in [-0.4, -0.2) is 12.8 Å². The number of ether oxygens (including phenoxy) is 1. The van der Waals surface area contributed by atoms with E-state index in [1.807, 2.05) is 41.5 Å². The summed E-state index contributed by atoms with van der Waals surface area (Å²) in [6, 6.07) is 6.66. The average Bonchev–Trinajstić information content (AvgIpc) is 2.41. The van der Waals surface area contributed by atoms with Gasteiger partial charge < -0.3 is 4.74 Å². The van der Waals surface area contributed by atoms with Crippen molar-refractivity contribution in [2.45, 2.75) is 53.6 Å². The number of hydrogen-bond acceptors (Lipinski definition) is 1. The van der Waals surface area contributed by atoms with Crippen LogP contribution in [0.1, 0.15) is 53.0 Å². The minimum Gasteiger partial charge on any atom is -0.484 e. The molecular formula is C15H25F3O. The van der Waals surface area contributed by atoms with Crippen LogP contribution in [0.2, 0.25) is 0 Å². The third-order valence-corrected chi connectivity index (χ3v) is 1.95. The zero-order chi connectivity index (χ0) is 15.5. The highest BCUT2D eigenvalue weighted by molar-refractivity contribution is 5.28. The first-order chi connectivity index (χ1) is 8.88. The first kappa shape index (κ1) is 20.1. The molecule has 0 saturated carbocycles. The van der Waals surface area contributed by atoms with Gasteiger partial charge in [0.05, 0.1) is 0 Å². The minimum absolute atomic E-state index is 0.247. The van der Waals surface area contributed by atoms with Crippen LogP contribution < -0.4 is 4.74 Å². The summed E-state index contributed by atoms with van der Waals surface area (Å²) in [6.07, 6.45) is -4.28. The van der Waals surface area contributed by atoms with E-state index in [-0.39, 0.29) is 5.75 Å². The van der Waals surface area contributed by atoms with Crippen molar-refractivity contribution >= 4 is 0 Å². The van der Waals surface area contributed by atoms with E-state index in [0.717, 1.165) is 5.56 Å². The van der Waals surface area contributed by atoms with E-state index in [2.05, 4.69) is 4.74 Å². The Bertz CT molecular complexity index is 302. The van der Waals surface area contributed by atoms with Gasteiger partial charge in [0.2, 0.25) is 0 Å². The van der Waals surface area contributed by atoms with Crippen LogP contribution in [0.15, 0.2) is 24.3 Å². The molecule has 0 aliphatic rings. The Kier molecular flexibility index (Phi) is 11.3. The summed E-state index contributed by atoms with van der Waals surface area (Å²) >= 11 is 0. The molecule has 1 aromatic carbocycles. The fraction of sp³-hybridized carbons (Fsp3) is 0.600. The second-order valence-corrected chi connectivity index (χ2v) is 3.63. The van der Waals surface area contributed by atoms with E-state index in [1.165, 1.54) is 0 Å². The molecule has 0 N–H and O–H groups in total. The summed E-state index contributed by atoms with van der Waals surface area (Å²) in [7, 11) is 0. The molecule has 1 aromatic rings. The molecule has 0 aromatic heterocycles. The van der Waals surface area contributed by atoms with E-state index < -0.39 is 12.8 Å². The summed E-state index contributed by atoms with van der Waals surface area (Å²) < 4.78 is 40.1. The fourth-order valence-electron chi connectivity index (χ4n) is 1.11. The fourth-order valence-corrected chi connectivity index (χ4v) is 1.11. The Morgan fingerprint density at radius 2 is 1.37 bits per heavy atom. The molecule has 0 heterocycles. The first-order valence-corrected chi connectivity index (χ1v) is 6.68. The van der Waals surface area contributed by atoms with E-state index in [0.29, 0.717) is 5.92 Å². The Morgan fingerprint density at radius 1 is 0.947 bits per heavy atom. The predicted molar refractivity (Wildman–Crippen MR) is 74.8 cm³/mol. The minimum atomic E-state index is -4.28. The third kappa shape index (κ3) is 10.4. The van der Waals surface area contributed by atoms with E-state index >= 15 is 0 Å². The molecule has 0 radical (unpaired) electrons. The first-order valence-electron chi connectivity index (χ1n) is 6.68. The van der Waals surface area contributed by atoms with Crippen molar-refractivity contribution in [3.63, 3.8) is 0 Å². The molecular weight excluding hydrogens is 253 g/mol. The number of halogens is 3. The molecule has 0 aliphatic carbocycles. The highest BCUT2D eigenvalue weighted by Gasteiger charge is 2.28. The Labute approximate surface area is 114 Å². The van der Waals surface area contributed by atoms with Gasteiger partial charge in [-0.25, -0.2) is 0 Å². The second kappa shape index (κ2) is 10.7. The predicted octanol–water partition coefficient (Wildman–Crippen LogP) is 5.80. The summed E-state index contributed by atoms with van der Waals surface area (Å²) in [5.74, 6) is 0.610. The molecule has 0 fully saturated rings. The van der Waals surface area contributed by atoms with Crippen molar-refractivity contribution in [2.24, 2.45) is 0 Å². The van der Waals surface area contributed by atoms with E-state index in [9.17, 15) is 13.2 Å². The summed E-state index contributed by atoms with van der Waals surface area (Å²) in [6.45, 7) is 10.8. The molecule has 4 heteroatoms. The van der Waals surface area contributed by atoms with Gasteiger partial charge in [-0.2, -0.15) is 13.2 Å². The summed E-state index contributed by atoms with van der Waals surface area (Å²) in [5, 5.41) is 0. The number of hydrogen-bond donors (Lipinski definition) is 0. The van der Waals surface area contributed by atoms with Crippen molar-refractivity contribution in [1.29, 1.82) is 0 Å². The largest absolute Gasteiger partial charge is 0.484 e. The molecule has 0 saturated heterocycles. The number of alkyl halides is 3. The smallest absolute Gasteiger partial charge is 0.422 e. The number of rotatable bonds is 3. The van der Waals surface area contributed by atoms with Crippen LogP contribution in [0.25, 0.3) is 0 Å². The van der Waals surface area contributed by atoms with Gasteiger partial charge in [-0.3, -0.25) is 0 Å². The molecule has 112 valence electrons. The van der Waals surface area contributed by atoms with Crippen molar-refractivity contribution in [3.05, 3.63) is 29.8 Å². The van der Waals surface area contributed by atoms with E-state index in [4.69, 9.17) is 0 Å². The van der Waals surface area contributed by atoms with Gasteiger partial charge in [0, 0.05) is 0 Å². The molecule has 0 atom stereocenters. The van der Waals surface area contributed by atoms with Crippen molar-refractivity contribution in [1.82, 2.24) is 0 Å². The molecule has 0 unspecified atom stereocenters. The van der Waals surface area contributed by atoms with Crippen LogP contribution in [0, 0.1) is 0 Å². The van der Waals surface area contributed by atoms with Crippen LogP contribution >= 0.6 is 0 Å². The Balaban J connectivity index is 0. The molecule has 0 aliphatic heterocycles. The van der Waals surface area contributed by atoms with E-state index in [1.54, 1.807) is 24.3 Å². The zero-order valence-electron chi connectivity index (χ0n) is 12.6. The van der Waals surface area contributed by atoms with Gasteiger partial charge >= 0.3 is 6.18 Å². The van der Waals surface area contributed by atoms with Gasteiger partial charge in [0.1, 0.15) is 5.75 Å². The molecule has 1 nitrogen and oxygen atoms in total. The van der Waals surface area contributed by atoms with Gasteiger partial charge in [-0.05, 0) is 23.6 Å². The van der Waals surface area contributed by atoms with Gasteiger partial charge in [-0.1, -0.05) is 53.7 Å². The highest BCUT2D eigenvalue weighted by Crippen LogP contribution is 2.21. The van der Waals surface area contributed by atoms with Crippen LogP contribution in [0.4, 0.5) is 13.2 Å². The maximum Gasteiger partial charge on any atom is 0.422 e. The maximum absolute atomic E-state index is 11.8. The highest BCUT2D eigenvalue weighted by atomic mass is 19.4. The molecule has 19 heavy (non-hydrogen) atoms.